The van der Waals surface area contributed by atoms with E-state index in [1.54, 1.807) is 0 Å². The van der Waals surface area contributed by atoms with Gasteiger partial charge in [0.1, 0.15) is 9.84 Å². The lowest BCUT2D eigenvalue weighted by atomic mass is 10.1. The zero-order valence-corrected chi connectivity index (χ0v) is 12.1. The van der Waals surface area contributed by atoms with E-state index in [0.29, 0.717) is 0 Å². The number of sulfone groups is 1. The molecule has 0 aliphatic heterocycles. The number of aromatic nitrogens is 1. The molecule has 1 atom stereocenters. The highest BCUT2D eigenvalue weighted by molar-refractivity contribution is 7.90. The Kier molecular flexibility index (Phi) is 4.27. The maximum absolute atomic E-state index is 11.2. The van der Waals surface area contributed by atoms with Gasteiger partial charge in [-0.15, -0.1) is 0 Å². The van der Waals surface area contributed by atoms with Crippen molar-refractivity contribution in [3.63, 3.8) is 0 Å². The molecular weight excluding hydrogens is 260 g/mol. The molecule has 0 spiro atoms. The first-order chi connectivity index (χ1) is 8.96. The van der Waals surface area contributed by atoms with Gasteiger partial charge in [0, 0.05) is 29.4 Å². The molecule has 0 unspecified atom stereocenters. The van der Waals surface area contributed by atoms with Crippen LogP contribution in [0.15, 0.2) is 30.5 Å². The Bertz CT molecular complexity index is 646. The molecule has 2 rings (SSSR count). The number of para-hydroxylation sites is 1. The van der Waals surface area contributed by atoms with Gasteiger partial charge in [-0.1, -0.05) is 18.2 Å². The molecule has 2 aromatic rings. The quantitative estimate of drug-likeness (QED) is 0.847. The Labute approximate surface area is 114 Å². The van der Waals surface area contributed by atoms with E-state index in [1.165, 1.54) is 17.2 Å². The standard InChI is InChI=1S/C14H20N2O2S/c1-11(10-19(2,17)18)15-8-7-12-9-16-14-6-4-3-5-13(12)14/h3-6,9,11,15-16H,7-8,10H2,1-2H3/t11-/m0/s1. The molecule has 1 aromatic carbocycles. The Morgan fingerprint density at radius 2 is 2.05 bits per heavy atom. The minimum atomic E-state index is -2.91. The number of H-pyrrole nitrogens is 1. The lowest BCUT2D eigenvalue weighted by Crippen LogP contribution is -2.34. The third-order valence-electron chi connectivity index (χ3n) is 3.11. The highest BCUT2D eigenvalue weighted by atomic mass is 32.2. The molecule has 4 nitrogen and oxygen atoms in total. The van der Waals surface area contributed by atoms with Crippen LogP contribution >= 0.6 is 0 Å². The maximum atomic E-state index is 11.2. The fourth-order valence-corrected chi connectivity index (χ4v) is 3.33. The molecule has 0 bridgehead atoms. The molecule has 104 valence electrons. The molecular formula is C14H20N2O2S. The van der Waals surface area contributed by atoms with E-state index in [0.717, 1.165) is 18.5 Å². The van der Waals surface area contributed by atoms with Crippen LogP contribution in [0.5, 0.6) is 0 Å². The second-order valence-corrected chi connectivity index (χ2v) is 7.24. The molecule has 1 aromatic heterocycles. The smallest absolute Gasteiger partial charge is 0.148 e. The maximum Gasteiger partial charge on any atom is 0.148 e. The van der Waals surface area contributed by atoms with Gasteiger partial charge in [0.25, 0.3) is 0 Å². The van der Waals surface area contributed by atoms with Crippen molar-refractivity contribution in [1.29, 1.82) is 0 Å². The summed E-state index contributed by atoms with van der Waals surface area (Å²) < 4.78 is 22.3. The van der Waals surface area contributed by atoms with Crippen molar-refractivity contribution in [1.82, 2.24) is 10.3 Å². The summed E-state index contributed by atoms with van der Waals surface area (Å²) in [6, 6.07) is 8.17. The Hall–Kier alpha value is -1.33. The van der Waals surface area contributed by atoms with Crippen molar-refractivity contribution in [2.45, 2.75) is 19.4 Å². The second kappa shape index (κ2) is 5.75. The topological polar surface area (TPSA) is 62.0 Å². The van der Waals surface area contributed by atoms with E-state index in [9.17, 15) is 8.42 Å². The highest BCUT2D eigenvalue weighted by Crippen LogP contribution is 2.17. The monoisotopic (exact) mass is 280 g/mol. The first-order valence-corrected chi connectivity index (χ1v) is 8.48. The van der Waals surface area contributed by atoms with Gasteiger partial charge in [-0.2, -0.15) is 0 Å². The predicted molar refractivity (Wildman–Crippen MR) is 79.2 cm³/mol. The first-order valence-electron chi connectivity index (χ1n) is 6.42. The highest BCUT2D eigenvalue weighted by Gasteiger charge is 2.10. The fourth-order valence-electron chi connectivity index (χ4n) is 2.30. The van der Waals surface area contributed by atoms with Crippen LogP contribution in [0.2, 0.25) is 0 Å². The van der Waals surface area contributed by atoms with Crippen LogP contribution in [0.1, 0.15) is 12.5 Å². The van der Waals surface area contributed by atoms with Gasteiger partial charge in [-0.05, 0) is 31.5 Å². The van der Waals surface area contributed by atoms with Crippen molar-refractivity contribution >= 4 is 20.7 Å². The van der Waals surface area contributed by atoms with Crippen molar-refractivity contribution in [2.75, 3.05) is 18.6 Å². The number of rotatable bonds is 6. The summed E-state index contributed by atoms with van der Waals surface area (Å²) in [5.74, 6) is 0.181. The van der Waals surface area contributed by atoms with Gasteiger partial charge in [-0.25, -0.2) is 8.42 Å². The average molecular weight is 280 g/mol. The van der Waals surface area contributed by atoms with E-state index < -0.39 is 9.84 Å². The third-order valence-corrected chi connectivity index (χ3v) is 4.22. The van der Waals surface area contributed by atoms with E-state index >= 15 is 0 Å². The summed E-state index contributed by atoms with van der Waals surface area (Å²) in [7, 11) is -2.91. The van der Waals surface area contributed by atoms with Gasteiger partial charge in [-0.3, -0.25) is 0 Å². The molecule has 19 heavy (non-hydrogen) atoms. The van der Waals surface area contributed by atoms with E-state index in [1.807, 2.05) is 25.3 Å². The molecule has 0 saturated heterocycles. The Morgan fingerprint density at radius 1 is 1.32 bits per heavy atom. The van der Waals surface area contributed by atoms with Crippen LogP contribution in [-0.4, -0.2) is 38.0 Å². The van der Waals surface area contributed by atoms with Crippen LogP contribution < -0.4 is 5.32 Å². The molecule has 5 heteroatoms. The lowest BCUT2D eigenvalue weighted by Gasteiger charge is -2.12. The van der Waals surface area contributed by atoms with Crippen LogP contribution in [0.4, 0.5) is 0 Å². The van der Waals surface area contributed by atoms with Crippen molar-refractivity contribution in [3.8, 4) is 0 Å². The van der Waals surface area contributed by atoms with Crippen molar-refractivity contribution < 1.29 is 8.42 Å². The molecule has 0 radical (unpaired) electrons. The first kappa shape index (κ1) is 14.1. The molecule has 2 N–H and O–H groups in total. The summed E-state index contributed by atoms with van der Waals surface area (Å²) in [6.45, 7) is 2.68. The summed E-state index contributed by atoms with van der Waals surface area (Å²) in [6.07, 6.45) is 4.18. The summed E-state index contributed by atoms with van der Waals surface area (Å²) in [5, 5.41) is 4.49. The van der Waals surface area contributed by atoms with Gasteiger partial charge >= 0.3 is 0 Å². The number of nitrogens with one attached hydrogen (secondary N) is 2. The van der Waals surface area contributed by atoms with Gasteiger partial charge in [0.05, 0.1) is 5.75 Å². The minimum absolute atomic E-state index is 0.0137. The average Bonchev–Trinajstić information content (AvgIpc) is 2.70. The number of hydrogen-bond donors (Lipinski definition) is 2. The summed E-state index contributed by atoms with van der Waals surface area (Å²) in [5.41, 5.74) is 2.40. The van der Waals surface area contributed by atoms with Crippen molar-refractivity contribution in [3.05, 3.63) is 36.0 Å². The Morgan fingerprint density at radius 3 is 2.79 bits per heavy atom. The Balaban J connectivity index is 1.89. The van der Waals surface area contributed by atoms with E-state index in [2.05, 4.69) is 22.4 Å². The molecule has 0 amide bonds. The number of aromatic amines is 1. The lowest BCUT2D eigenvalue weighted by molar-refractivity contribution is 0.562. The SMILES string of the molecule is C[C@@H](CS(C)(=O)=O)NCCc1c[nH]c2ccccc12. The summed E-state index contributed by atoms with van der Waals surface area (Å²) >= 11 is 0. The zero-order chi connectivity index (χ0) is 13.9. The van der Waals surface area contributed by atoms with E-state index in [-0.39, 0.29) is 11.8 Å². The molecule has 0 fully saturated rings. The fraction of sp³-hybridized carbons (Fsp3) is 0.429. The normalized spacial score (nSPS) is 13.8. The molecule has 0 aliphatic carbocycles. The van der Waals surface area contributed by atoms with Gasteiger partial charge in [0.2, 0.25) is 0 Å². The van der Waals surface area contributed by atoms with Crippen LogP contribution in [0.25, 0.3) is 10.9 Å². The number of benzene rings is 1. The molecule has 1 heterocycles. The van der Waals surface area contributed by atoms with Gasteiger partial charge in [0.15, 0.2) is 0 Å². The van der Waals surface area contributed by atoms with Crippen LogP contribution in [-0.2, 0) is 16.3 Å². The molecule has 0 aliphatic rings. The third kappa shape index (κ3) is 4.08. The zero-order valence-electron chi connectivity index (χ0n) is 11.3. The van der Waals surface area contributed by atoms with E-state index in [4.69, 9.17) is 0 Å². The predicted octanol–water partition coefficient (Wildman–Crippen LogP) is 1.73. The second-order valence-electron chi connectivity index (χ2n) is 5.06. The number of hydrogen-bond acceptors (Lipinski definition) is 3. The van der Waals surface area contributed by atoms with Crippen molar-refractivity contribution in [2.24, 2.45) is 0 Å². The minimum Gasteiger partial charge on any atom is -0.361 e. The molecule has 0 saturated carbocycles. The van der Waals surface area contributed by atoms with Gasteiger partial charge < -0.3 is 10.3 Å². The van der Waals surface area contributed by atoms with Crippen LogP contribution in [0.3, 0.4) is 0 Å². The number of fused-ring (bicyclic) bond motifs is 1. The van der Waals surface area contributed by atoms with Crippen LogP contribution in [0, 0.1) is 0 Å². The largest absolute Gasteiger partial charge is 0.361 e. The summed E-state index contributed by atoms with van der Waals surface area (Å²) in [4.78, 5) is 3.24.